The third-order valence-electron chi connectivity index (χ3n) is 8.27. The highest BCUT2D eigenvalue weighted by Crippen LogP contribution is 2.60. The van der Waals surface area contributed by atoms with Crippen molar-refractivity contribution in [1.82, 2.24) is 25.2 Å². The molecule has 3 aromatic heterocycles. The minimum Gasteiger partial charge on any atom is -0.331 e. The van der Waals surface area contributed by atoms with Crippen LogP contribution in [0.1, 0.15) is 58.0 Å². The Bertz CT molecular complexity index is 1340. The third-order valence-corrected chi connectivity index (χ3v) is 9.76. The molecule has 1 amide bonds. The zero-order chi connectivity index (χ0) is 23.2. The van der Waals surface area contributed by atoms with Gasteiger partial charge in [-0.1, -0.05) is 6.07 Å². The molecule has 5 heterocycles. The van der Waals surface area contributed by atoms with Crippen molar-refractivity contribution in [3.63, 3.8) is 0 Å². The number of carbonyl (C=O) groups is 1. The zero-order valence-corrected chi connectivity index (χ0v) is 19.9. The Morgan fingerprint density at radius 3 is 2.65 bits per heavy atom. The smallest absolute Gasteiger partial charge is 0.255 e. The first kappa shape index (κ1) is 20.5. The summed E-state index contributed by atoms with van der Waals surface area (Å²) in [4.78, 5) is 29.6. The second kappa shape index (κ2) is 6.82. The molecule has 0 radical (unpaired) electrons. The van der Waals surface area contributed by atoms with Gasteiger partial charge in [0.2, 0.25) is 5.95 Å². The molecule has 3 aromatic rings. The lowest BCUT2D eigenvalue weighted by molar-refractivity contribution is 0.0362. The maximum atomic E-state index is 14.8. The van der Waals surface area contributed by atoms with Crippen LogP contribution in [-0.2, 0) is 5.54 Å². The summed E-state index contributed by atoms with van der Waals surface area (Å²) in [6.45, 7) is 4.16. The Labute approximate surface area is 200 Å². The molecule has 2 aliphatic heterocycles. The molecule has 2 spiro atoms. The molecule has 0 aromatic carbocycles. The third kappa shape index (κ3) is 2.77. The summed E-state index contributed by atoms with van der Waals surface area (Å²) in [5.41, 5.74) is 3.35. The fourth-order valence-corrected chi connectivity index (χ4v) is 7.50. The Morgan fingerprint density at radius 2 is 2.00 bits per heavy atom. The van der Waals surface area contributed by atoms with Gasteiger partial charge in [-0.05, 0) is 61.1 Å². The van der Waals surface area contributed by atoms with E-state index in [0.717, 1.165) is 41.9 Å². The van der Waals surface area contributed by atoms with Crippen LogP contribution in [0, 0.1) is 18.2 Å². The molecule has 174 valence electrons. The molecule has 9 heteroatoms. The van der Waals surface area contributed by atoms with Crippen LogP contribution >= 0.6 is 11.3 Å². The summed E-state index contributed by atoms with van der Waals surface area (Å²) in [7, 11) is 1.86. The van der Waals surface area contributed by atoms with Gasteiger partial charge in [0.05, 0.1) is 22.2 Å². The highest BCUT2D eigenvalue weighted by atomic mass is 32.1. The molecule has 3 fully saturated rings. The van der Waals surface area contributed by atoms with Gasteiger partial charge in [0.25, 0.3) is 5.91 Å². The maximum absolute atomic E-state index is 14.8. The standard InChI is InChI=1S/C25H25FN6OS/c1-13-18-21(25(5-6-25)32(2)22(18)33)34-20(13)19-16(26)10-29-23(31-19)30-17-4-3-14(9-28-17)15-7-24(8-15)11-27-12-24/h3-4,9-10,15,27H,5-8,11-12H2,1-2H3,(H,28,29,30,31). The highest BCUT2D eigenvalue weighted by molar-refractivity contribution is 7.16. The van der Waals surface area contributed by atoms with E-state index < -0.39 is 5.82 Å². The average Bonchev–Trinajstić information content (AvgIpc) is 3.47. The topological polar surface area (TPSA) is 83.0 Å². The molecule has 4 aliphatic rings. The quantitative estimate of drug-likeness (QED) is 0.583. The van der Waals surface area contributed by atoms with Gasteiger partial charge in [0, 0.05) is 31.2 Å². The number of halogens is 1. The molecule has 0 atom stereocenters. The van der Waals surface area contributed by atoms with Crippen molar-refractivity contribution in [2.45, 2.75) is 44.1 Å². The van der Waals surface area contributed by atoms with Gasteiger partial charge in [-0.25, -0.2) is 19.3 Å². The van der Waals surface area contributed by atoms with Gasteiger partial charge < -0.3 is 15.5 Å². The van der Waals surface area contributed by atoms with Crippen LogP contribution in [-0.4, -0.2) is 45.9 Å². The fraction of sp³-hybridized carbons (Fsp3) is 0.440. The van der Waals surface area contributed by atoms with E-state index in [2.05, 4.69) is 31.7 Å². The maximum Gasteiger partial charge on any atom is 0.255 e. The summed E-state index contributed by atoms with van der Waals surface area (Å²) in [5.74, 6) is 1.03. The van der Waals surface area contributed by atoms with Crippen LogP contribution < -0.4 is 10.6 Å². The fourth-order valence-electron chi connectivity index (χ4n) is 5.93. The second-order valence-electron chi connectivity index (χ2n) is 10.4. The number of fused-ring (bicyclic) bond motifs is 2. The van der Waals surface area contributed by atoms with Gasteiger partial charge in [-0.15, -0.1) is 11.3 Å². The van der Waals surface area contributed by atoms with Crippen LogP contribution in [0.3, 0.4) is 0 Å². The van der Waals surface area contributed by atoms with E-state index in [1.54, 1.807) is 0 Å². The van der Waals surface area contributed by atoms with Crippen molar-refractivity contribution in [3.05, 3.63) is 51.9 Å². The van der Waals surface area contributed by atoms with E-state index in [4.69, 9.17) is 0 Å². The molecular formula is C25H25FN6OS. The number of nitrogens with one attached hydrogen (secondary N) is 2. The van der Waals surface area contributed by atoms with Crippen molar-refractivity contribution in [2.24, 2.45) is 5.41 Å². The number of pyridine rings is 1. The van der Waals surface area contributed by atoms with E-state index in [1.165, 1.54) is 35.9 Å². The predicted octanol–water partition coefficient (Wildman–Crippen LogP) is 4.33. The second-order valence-corrected chi connectivity index (χ2v) is 11.4. The molecule has 0 unspecified atom stereocenters. The van der Waals surface area contributed by atoms with Crippen LogP contribution in [0.4, 0.5) is 16.2 Å². The lowest BCUT2D eigenvalue weighted by Crippen LogP contribution is -2.59. The number of hydrogen-bond acceptors (Lipinski definition) is 7. The van der Waals surface area contributed by atoms with E-state index in [9.17, 15) is 9.18 Å². The van der Waals surface area contributed by atoms with Crippen LogP contribution in [0.25, 0.3) is 10.6 Å². The molecule has 1 saturated heterocycles. The molecule has 7 rings (SSSR count). The van der Waals surface area contributed by atoms with Crippen molar-refractivity contribution >= 4 is 29.0 Å². The van der Waals surface area contributed by atoms with Crippen molar-refractivity contribution < 1.29 is 9.18 Å². The van der Waals surface area contributed by atoms with E-state index in [0.29, 0.717) is 22.0 Å². The van der Waals surface area contributed by atoms with Gasteiger partial charge in [-0.3, -0.25) is 4.79 Å². The number of aromatic nitrogens is 3. The van der Waals surface area contributed by atoms with Crippen LogP contribution in [0.5, 0.6) is 0 Å². The molecule has 2 saturated carbocycles. The lowest BCUT2D eigenvalue weighted by atomic mass is 9.57. The Kier molecular flexibility index (Phi) is 4.11. The summed E-state index contributed by atoms with van der Waals surface area (Å²) in [5, 5.41) is 6.49. The molecule has 2 aliphatic carbocycles. The molecule has 2 N–H and O–H groups in total. The van der Waals surface area contributed by atoms with Crippen molar-refractivity contribution in [1.29, 1.82) is 0 Å². The number of rotatable bonds is 4. The summed E-state index contributed by atoms with van der Waals surface area (Å²) in [6.07, 6.45) is 7.47. The van der Waals surface area contributed by atoms with Crippen LogP contribution in [0.2, 0.25) is 0 Å². The Hall–Kier alpha value is -2.91. The molecule has 0 bridgehead atoms. The SMILES string of the molecule is Cc1c(-c2nc(Nc3ccc(C4CC5(CNC5)C4)cn3)ncc2F)sc2c1C(=O)N(C)C21CC1. The number of nitrogens with zero attached hydrogens (tertiary/aromatic N) is 4. The van der Waals surface area contributed by atoms with E-state index >= 15 is 0 Å². The van der Waals surface area contributed by atoms with Gasteiger partial charge in [0.1, 0.15) is 11.5 Å². The monoisotopic (exact) mass is 476 g/mol. The Morgan fingerprint density at radius 1 is 1.21 bits per heavy atom. The summed E-state index contributed by atoms with van der Waals surface area (Å²) >= 11 is 1.49. The average molecular weight is 477 g/mol. The first-order valence-corrected chi connectivity index (χ1v) is 12.6. The number of hydrogen-bond donors (Lipinski definition) is 2. The molecule has 7 nitrogen and oxygen atoms in total. The molecule has 34 heavy (non-hydrogen) atoms. The van der Waals surface area contributed by atoms with Crippen molar-refractivity contribution in [2.75, 3.05) is 25.5 Å². The Balaban J connectivity index is 1.14. The van der Waals surface area contributed by atoms with Crippen LogP contribution in [0.15, 0.2) is 24.5 Å². The molecular weight excluding hydrogens is 451 g/mol. The zero-order valence-electron chi connectivity index (χ0n) is 19.1. The number of carbonyl (C=O) groups excluding carboxylic acids is 1. The normalized spacial score (nSPS) is 21.5. The first-order valence-electron chi connectivity index (χ1n) is 11.8. The first-order chi connectivity index (χ1) is 16.4. The summed E-state index contributed by atoms with van der Waals surface area (Å²) in [6, 6.07) is 4.04. The number of thiophene rings is 1. The largest absolute Gasteiger partial charge is 0.331 e. The number of anilines is 2. The van der Waals surface area contributed by atoms with Gasteiger partial charge in [0.15, 0.2) is 5.82 Å². The number of amides is 1. The predicted molar refractivity (Wildman–Crippen MR) is 128 cm³/mol. The minimum atomic E-state index is -0.494. The van der Waals surface area contributed by atoms with Gasteiger partial charge in [-0.2, -0.15) is 0 Å². The lowest BCUT2D eigenvalue weighted by Gasteiger charge is -2.54. The minimum absolute atomic E-state index is 0.0237. The highest BCUT2D eigenvalue weighted by Gasteiger charge is 2.58. The van der Waals surface area contributed by atoms with Crippen molar-refractivity contribution in [3.8, 4) is 10.6 Å². The van der Waals surface area contributed by atoms with Gasteiger partial charge >= 0.3 is 0 Å². The van der Waals surface area contributed by atoms with E-state index in [1.807, 2.05) is 31.1 Å². The van der Waals surface area contributed by atoms with E-state index in [-0.39, 0.29) is 23.1 Å². The summed E-state index contributed by atoms with van der Waals surface area (Å²) < 4.78 is 14.8.